The summed E-state index contributed by atoms with van der Waals surface area (Å²) in [5.74, 6) is 0.689. The molecule has 0 aliphatic heterocycles. The standard InChI is InChI=1S/C40H56O4.C3H8/c1-9-12-29-15-16-32(24-30(29)17-18-33(42)25-40(6,7)8)35-19-14-26(4)39-36(35)22-28(23-38(39)44)21-31(13-10-2)34(11-3)37(43)20-27(5)41;1-3-2/h14-16,19,24,28,31,34H,9-13,17-18,20-23,25H2,1-8H3;3H2,1-2H3. The Kier molecular flexibility index (Phi) is 16.5. The number of hydrogen-bond donors (Lipinski definition) is 0. The van der Waals surface area contributed by atoms with Crippen molar-refractivity contribution in [1.82, 2.24) is 0 Å². The van der Waals surface area contributed by atoms with Gasteiger partial charge in [-0.05, 0) is 96.6 Å². The van der Waals surface area contributed by atoms with Crippen LogP contribution in [0.2, 0.25) is 0 Å². The third-order valence-electron chi connectivity index (χ3n) is 9.35. The summed E-state index contributed by atoms with van der Waals surface area (Å²) in [4.78, 5) is 51.3. The maximum Gasteiger partial charge on any atom is 0.163 e. The molecule has 3 rings (SSSR count). The van der Waals surface area contributed by atoms with Crippen LogP contribution in [0.4, 0.5) is 0 Å². The van der Waals surface area contributed by atoms with Crippen molar-refractivity contribution in [2.75, 3.05) is 0 Å². The van der Waals surface area contributed by atoms with E-state index in [0.29, 0.717) is 25.0 Å². The Labute approximate surface area is 286 Å². The van der Waals surface area contributed by atoms with Crippen molar-refractivity contribution < 1.29 is 19.2 Å². The number of ketones is 4. The topological polar surface area (TPSA) is 68.3 Å². The highest BCUT2D eigenvalue weighted by Gasteiger charge is 2.34. The molecule has 0 N–H and O–H groups in total. The lowest BCUT2D eigenvalue weighted by molar-refractivity contribution is -0.130. The summed E-state index contributed by atoms with van der Waals surface area (Å²) in [5, 5.41) is 0. The van der Waals surface area contributed by atoms with Gasteiger partial charge in [-0.3, -0.25) is 19.2 Å². The largest absolute Gasteiger partial charge is 0.300 e. The molecular formula is C43H64O4. The number of carbonyl (C=O) groups is 4. The molecule has 0 amide bonds. The summed E-state index contributed by atoms with van der Waals surface area (Å²) in [7, 11) is 0. The normalized spacial score (nSPS) is 15.7. The zero-order valence-electron chi connectivity index (χ0n) is 31.4. The Morgan fingerprint density at radius 3 is 2.15 bits per heavy atom. The van der Waals surface area contributed by atoms with Crippen molar-refractivity contribution in [2.45, 2.75) is 153 Å². The van der Waals surface area contributed by atoms with Gasteiger partial charge in [-0.2, -0.15) is 0 Å². The van der Waals surface area contributed by atoms with Crippen LogP contribution in [0, 0.1) is 30.1 Å². The minimum atomic E-state index is -0.137. The van der Waals surface area contributed by atoms with E-state index in [-0.39, 0.29) is 46.9 Å². The molecule has 0 saturated heterocycles. The summed E-state index contributed by atoms with van der Waals surface area (Å²) in [6.07, 6.45) is 9.92. The number of fused-ring (bicyclic) bond motifs is 1. The van der Waals surface area contributed by atoms with Crippen molar-refractivity contribution in [3.05, 3.63) is 58.1 Å². The summed E-state index contributed by atoms with van der Waals surface area (Å²) in [6, 6.07) is 10.9. The summed E-state index contributed by atoms with van der Waals surface area (Å²) >= 11 is 0. The third-order valence-corrected chi connectivity index (χ3v) is 9.35. The molecule has 0 bridgehead atoms. The molecule has 2 aromatic rings. The Morgan fingerprint density at radius 2 is 1.57 bits per heavy atom. The van der Waals surface area contributed by atoms with E-state index in [1.54, 1.807) is 0 Å². The second-order valence-electron chi connectivity index (χ2n) is 15.3. The van der Waals surface area contributed by atoms with Gasteiger partial charge in [-0.1, -0.05) is 111 Å². The molecule has 3 unspecified atom stereocenters. The van der Waals surface area contributed by atoms with E-state index in [9.17, 15) is 19.2 Å². The average Bonchev–Trinajstić information content (AvgIpc) is 2.96. The van der Waals surface area contributed by atoms with E-state index in [0.717, 1.165) is 79.2 Å². The minimum absolute atomic E-state index is 0.00660. The number of benzene rings is 2. The average molecular weight is 645 g/mol. The van der Waals surface area contributed by atoms with Crippen molar-refractivity contribution in [3.63, 3.8) is 0 Å². The molecule has 0 radical (unpaired) electrons. The highest BCUT2D eigenvalue weighted by atomic mass is 16.1. The summed E-state index contributed by atoms with van der Waals surface area (Å²) < 4.78 is 0. The van der Waals surface area contributed by atoms with E-state index in [1.165, 1.54) is 24.5 Å². The molecule has 4 heteroatoms. The van der Waals surface area contributed by atoms with Crippen LogP contribution in [0.15, 0.2) is 30.3 Å². The van der Waals surface area contributed by atoms with Crippen LogP contribution < -0.4 is 0 Å². The number of rotatable bonds is 16. The number of Topliss-reactive ketones (excluding diaryl/α,β-unsaturated/α-hetero) is 4. The Hall–Kier alpha value is -2.88. The minimum Gasteiger partial charge on any atom is -0.300 e. The summed E-state index contributed by atoms with van der Waals surface area (Å²) in [5.41, 5.74) is 7.77. The van der Waals surface area contributed by atoms with Crippen LogP contribution >= 0.6 is 0 Å². The fraction of sp³-hybridized carbons (Fsp3) is 0.628. The lowest BCUT2D eigenvalue weighted by atomic mass is 9.71. The summed E-state index contributed by atoms with van der Waals surface area (Å²) in [6.45, 7) is 20.5. The van der Waals surface area contributed by atoms with Gasteiger partial charge >= 0.3 is 0 Å². The molecule has 1 aliphatic rings. The first-order valence-electron chi connectivity index (χ1n) is 18.5. The SMILES string of the molecule is CCC.CCCc1ccc(-c2ccc(C)c3c2CC(CC(CCC)C(CC)C(=O)CC(C)=O)CC3=O)cc1CCC(=O)CC(C)(C)C. The van der Waals surface area contributed by atoms with Gasteiger partial charge in [-0.25, -0.2) is 0 Å². The van der Waals surface area contributed by atoms with Gasteiger partial charge in [0.1, 0.15) is 17.3 Å². The fourth-order valence-electron chi connectivity index (χ4n) is 7.50. The monoisotopic (exact) mass is 644 g/mol. The molecule has 0 aromatic heterocycles. The molecule has 4 nitrogen and oxygen atoms in total. The molecule has 0 saturated carbocycles. The van der Waals surface area contributed by atoms with E-state index >= 15 is 0 Å². The quantitative estimate of drug-likeness (QED) is 0.171. The molecular weight excluding hydrogens is 580 g/mol. The second-order valence-corrected chi connectivity index (χ2v) is 15.3. The highest BCUT2D eigenvalue weighted by molar-refractivity contribution is 6.02. The van der Waals surface area contributed by atoms with Crippen LogP contribution in [0.25, 0.3) is 11.1 Å². The zero-order chi connectivity index (χ0) is 35.3. The van der Waals surface area contributed by atoms with E-state index in [1.807, 2.05) is 13.8 Å². The van der Waals surface area contributed by atoms with Crippen molar-refractivity contribution in [2.24, 2.45) is 23.2 Å². The van der Waals surface area contributed by atoms with E-state index < -0.39 is 0 Å². The zero-order valence-corrected chi connectivity index (χ0v) is 31.4. The van der Waals surface area contributed by atoms with Crippen molar-refractivity contribution in [1.29, 1.82) is 0 Å². The first-order valence-corrected chi connectivity index (χ1v) is 18.5. The number of hydrogen-bond acceptors (Lipinski definition) is 4. The highest BCUT2D eigenvalue weighted by Crippen LogP contribution is 2.40. The third kappa shape index (κ3) is 12.3. The fourth-order valence-corrected chi connectivity index (χ4v) is 7.50. The second kappa shape index (κ2) is 19.2. The van der Waals surface area contributed by atoms with Gasteiger partial charge in [0.25, 0.3) is 0 Å². The van der Waals surface area contributed by atoms with Crippen LogP contribution in [0.3, 0.4) is 0 Å². The predicted molar refractivity (Wildman–Crippen MR) is 197 cm³/mol. The molecule has 0 heterocycles. The van der Waals surface area contributed by atoms with Crippen molar-refractivity contribution >= 4 is 23.1 Å². The molecule has 1 aliphatic carbocycles. The molecule has 260 valence electrons. The van der Waals surface area contributed by atoms with Gasteiger partial charge in [0.05, 0.1) is 6.42 Å². The maximum atomic E-state index is 13.7. The van der Waals surface area contributed by atoms with E-state index in [2.05, 4.69) is 78.8 Å². The molecule has 47 heavy (non-hydrogen) atoms. The number of aryl methyl sites for hydroxylation is 3. The van der Waals surface area contributed by atoms with Crippen LogP contribution in [0.5, 0.6) is 0 Å². The molecule has 0 spiro atoms. The lowest BCUT2D eigenvalue weighted by Crippen LogP contribution is -2.30. The first-order chi connectivity index (χ1) is 22.2. The Morgan fingerprint density at radius 1 is 0.894 bits per heavy atom. The molecule has 2 aromatic carbocycles. The van der Waals surface area contributed by atoms with E-state index in [4.69, 9.17) is 0 Å². The van der Waals surface area contributed by atoms with Gasteiger partial charge < -0.3 is 0 Å². The van der Waals surface area contributed by atoms with Gasteiger partial charge in [0.2, 0.25) is 0 Å². The number of carbonyl (C=O) groups excluding carboxylic acids is 4. The van der Waals surface area contributed by atoms with Crippen LogP contribution in [-0.2, 0) is 33.6 Å². The molecule has 0 fully saturated rings. The Bertz CT molecular complexity index is 1360. The van der Waals surface area contributed by atoms with Gasteiger partial charge in [0.15, 0.2) is 5.78 Å². The molecule has 3 atom stereocenters. The van der Waals surface area contributed by atoms with Gasteiger partial charge in [0, 0.05) is 30.7 Å². The van der Waals surface area contributed by atoms with Crippen molar-refractivity contribution in [3.8, 4) is 11.1 Å². The predicted octanol–water partition coefficient (Wildman–Crippen LogP) is 11.1. The van der Waals surface area contributed by atoms with Crippen LogP contribution in [-0.4, -0.2) is 23.1 Å². The van der Waals surface area contributed by atoms with Crippen LogP contribution in [0.1, 0.15) is 159 Å². The lowest BCUT2D eigenvalue weighted by Gasteiger charge is -2.32. The first kappa shape index (κ1) is 40.3. The van der Waals surface area contributed by atoms with Gasteiger partial charge in [-0.15, -0.1) is 0 Å². The Balaban J connectivity index is 0.00000246. The smallest absolute Gasteiger partial charge is 0.163 e. The maximum absolute atomic E-state index is 13.7.